The highest BCUT2D eigenvalue weighted by molar-refractivity contribution is 5.06. The molecule has 14 unspecified atom stereocenters. The number of ether oxygens (including phenoxy) is 3. The molecular formula is C24H49N5O11. The average molecular weight is 584 g/mol. The van der Waals surface area contributed by atoms with Gasteiger partial charge in [-0.15, -0.1) is 0 Å². The van der Waals surface area contributed by atoms with E-state index < -0.39 is 111 Å². The van der Waals surface area contributed by atoms with Gasteiger partial charge in [0.1, 0.15) is 24.4 Å². The topological polar surface area (TPSA) is 292 Å². The Bertz CT molecular complexity index is 741. The summed E-state index contributed by atoms with van der Waals surface area (Å²) >= 11 is 0. The Hall–Kier alpha value is -0.640. The summed E-state index contributed by atoms with van der Waals surface area (Å²) < 4.78 is 17.8. The van der Waals surface area contributed by atoms with Gasteiger partial charge in [-0.25, -0.2) is 0 Å². The van der Waals surface area contributed by atoms with E-state index in [2.05, 4.69) is 10.6 Å². The number of rotatable bonds is 13. The van der Waals surface area contributed by atoms with Crippen LogP contribution in [-0.2, 0) is 14.2 Å². The van der Waals surface area contributed by atoms with Gasteiger partial charge in [-0.3, -0.25) is 0 Å². The minimum Gasteiger partial charge on any atom is -0.396 e. The minimum absolute atomic E-state index is 0.0179. The predicted octanol–water partition coefficient (Wildman–Crippen LogP) is -7.02. The van der Waals surface area contributed by atoms with Crippen LogP contribution in [0.3, 0.4) is 0 Å². The van der Waals surface area contributed by atoms with Gasteiger partial charge in [0.15, 0.2) is 6.29 Å². The molecule has 16 nitrogen and oxygen atoms in total. The summed E-state index contributed by atoms with van der Waals surface area (Å²) in [4.78, 5) is 0. The van der Waals surface area contributed by atoms with E-state index >= 15 is 0 Å². The highest BCUT2D eigenvalue weighted by atomic mass is 16.7. The van der Waals surface area contributed by atoms with Crippen molar-refractivity contribution < 1.29 is 55.1 Å². The van der Waals surface area contributed by atoms with Crippen LogP contribution in [0.4, 0.5) is 0 Å². The molecule has 2 heterocycles. The molecule has 236 valence electrons. The molecule has 0 bridgehead atoms. The molecule has 0 aromatic heterocycles. The van der Waals surface area contributed by atoms with Gasteiger partial charge >= 0.3 is 0 Å². The molecule has 0 spiro atoms. The largest absolute Gasteiger partial charge is 0.396 e. The third-order valence-electron chi connectivity index (χ3n) is 8.20. The van der Waals surface area contributed by atoms with Crippen molar-refractivity contribution in [1.82, 2.24) is 10.6 Å². The highest BCUT2D eigenvalue weighted by Gasteiger charge is 2.53. The number of hydrogen-bond acceptors (Lipinski definition) is 16. The number of nitrogens with two attached hydrogens (primary N) is 3. The van der Waals surface area contributed by atoms with Crippen LogP contribution in [0.5, 0.6) is 0 Å². The van der Waals surface area contributed by atoms with E-state index in [4.69, 9.17) is 36.5 Å². The van der Waals surface area contributed by atoms with Crippen molar-refractivity contribution in [3.8, 4) is 0 Å². The molecule has 0 radical (unpaired) electrons. The van der Waals surface area contributed by atoms with E-state index in [1.807, 2.05) is 0 Å². The lowest BCUT2D eigenvalue weighted by atomic mass is 9.72. The van der Waals surface area contributed by atoms with E-state index in [1.54, 1.807) is 0 Å². The van der Waals surface area contributed by atoms with E-state index in [0.29, 0.717) is 13.0 Å². The van der Waals surface area contributed by atoms with Crippen molar-refractivity contribution in [1.29, 1.82) is 0 Å². The Morgan fingerprint density at radius 3 is 2.17 bits per heavy atom. The van der Waals surface area contributed by atoms with Crippen LogP contribution in [0.25, 0.3) is 0 Å². The smallest absolute Gasteiger partial charge is 0.186 e. The highest BCUT2D eigenvalue weighted by Crippen LogP contribution is 2.36. The molecular weight excluding hydrogens is 534 g/mol. The van der Waals surface area contributed by atoms with Gasteiger partial charge < -0.3 is 82.9 Å². The Labute approximate surface area is 233 Å². The molecule has 40 heavy (non-hydrogen) atoms. The second-order valence-electron chi connectivity index (χ2n) is 11.1. The summed E-state index contributed by atoms with van der Waals surface area (Å²) in [6, 6.07) is -4.08. The summed E-state index contributed by atoms with van der Waals surface area (Å²) in [6.45, 7) is -0.612. The number of nitrogens with one attached hydrogen (secondary N) is 2. The molecule has 3 fully saturated rings. The Balaban J connectivity index is 1.83. The molecule has 0 amide bonds. The van der Waals surface area contributed by atoms with Crippen LogP contribution in [0.15, 0.2) is 0 Å². The normalized spacial score (nSPS) is 44.7. The summed E-state index contributed by atoms with van der Waals surface area (Å²) in [6.07, 6.45) is -9.37. The fraction of sp³-hybridized carbons (Fsp3) is 1.00. The first-order valence-corrected chi connectivity index (χ1v) is 13.9. The molecule has 1 saturated carbocycles. The lowest BCUT2D eigenvalue weighted by Crippen LogP contribution is -2.70. The van der Waals surface area contributed by atoms with Gasteiger partial charge in [0.05, 0.1) is 56.3 Å². The molecule has 1 aliphatic carbocycles. The zero-order valence-electron chi connectivity index (χ0n) is 22.6. The fourth-order valence-corrected chi connectivity index (χ4v) is 5.89. The number of hydrogen-bond donors (Lipinski definition) is 13. The molecule has 16 heteroatoms. The van der Waals surface area contributed by atoms with Gasteiger partial charge in [0.25, 0.3) is 0 Å². The molecule has 2 aliphatic heterocycles. The number of aliphatic hydroxyl groups excluding tert-OH is 8. The maximum atomic E-state index is 11.7. The average Bonchev–Trinajstić information content (AvgIpc) is 2.93. The van der Waals surface area contributed by atoms with Crippen molar-refractivity contribution in [2.24, 2.45) is 23.1 Å². The van der Waals surface area contributed by atoms with Crippen molar-refractivity contribution in [2.75, 3.05) is 39.5 Å². The van der Waals surface area contributed by atoms with E-state index in [0.717, 1.165) is 0 Å². The first-order chi connectivity index (χ1) is 19.1. The quantitative estimate of drug-likeness (QED) is 0.0896. The molecule has 2 saturated heterocycles. The minimum atomic E-state index is -1.51. The molecule has 0 aromatic rings. The fourth-order valence-electron chi connectivity index (χ4n) is 5.89. The number of aliphatic hydroxyl groups is 8. The summed E-state index contributed by atoms with van der Waals surface area (Å²) in [5.41, 5.74) is 18.9. The molecule has 14 atom stereocenters. The van der Waals surface area contributed by atoms with Crippen molar-refractivity contribution in [2.45, 2.75) is 105 Å². The van der Waals surface area contributed by atoms with Crippen LogP contribution < -0.4 is 27.8 Å². The summed E-state index contributed by atoms with van der Waals surface area (Å²) in [7, 11) is 0. The van der Waals surface area contributed by atoms with Crippen LogP contribution in [0, 0.1) is 5.92 Å². The summed E-state index contributed by atoms with van der Waals surface area (Å²) in [5, 5.41) is 87.2. The molecule has 3 aliphatic rings. The van der Waals surface area contributed by atoms with E-state index in [1.165, 1.54) is 0 Å². The Kier molecular flexibility index (Phi) is 13.3. The summed E-state index contributed by atoms with van der Waals surface area (Å²) in [5.74, 6) is -0.791. The third kappa shape index (κ3) is 7.84. The maximum Gasteiger partial charge on any atom is 0.186 e. The first-order valence-electron chi connectivity index (χ1n) is 13.9. The van der Waals surface area contributed by atoms with Gasteiger partial charge in [-0.05, 0) is 25.8 Å². The second kappa shape index (κ2) is 15.7. The van der Waals surface area contributed by atoms with Crippen LogP contribution >= 0.6 is 0 Å². The van der Waals surface area contributed by atoms with Crippen LogP contribution in [-0.4, -0.2) is 166 Å². The Morgan fingerprint density at radius 2 is 1.55 bits per heavy atom. The lowest BCUT2D eigenvalue weighted by molar-refractivity contribution is -0.307. The lowest BCUT2D eigenvalue weighted by Gasteiger charge is -2.52. The van der Waals surface area contributed by atoms with Crippen molar-refractivity contribution in [3.63, 3.8) is 0 Å². The van der Waals surface area contributed by atoms with Gasteiger partial charge in [0.2, 0.25) is 0 Å². The van der Waals surface area contributed by atoms with Gasteiger partial charge in [-0.2, -0.15) is 0 Å². The van der Waals surface area contributed by atoms with Crippen molar-refractivity contribution >= 4 is 0 Å². The SMILES string of the molecule is NC1CC(O)C(CNCCCO)OC1C1C(N)CC(NC(CO)CO)C(OC2OC(CO)C(O)C(N)C2O)C1O. The molecule has 0 aromatic carbocycles. The van der Waals surface area contributed by atoms with Crippen molar-refractivity contribution in [3.05, 3.63) is 0 Å². The Morgan fingerprint density at radius 1 is 0.850 bits per heavy atom. The van der Waals surface area contributed by atoms with Crippen LogP contribution in [0.2, 0.25) is 0 Å². The maximum absolute atomic E-state index is 11.7. The third-order valence-corrected chi connectivity index (χ3v) is 8.20. The van der Waals surface area contributed by atoms with E-state index in [-0.39, 0.29) is 26.0 Å². The first kappa shape index (κ1) is 33.9. The molecule has 16 N–H and O–H groups in total. The van der Waals surface area contributed by atoms with Gasteiger partial charge in [-0.1, -0.05) is 0 Å². The molecule has 3 rings (SSSR count). The predicted molar refractivity (Wildman–Crippen MR) is 139 cm³/mol. The monoisotopic (exact) mass is 583 g/mol. The standard InChI is InChI=1S/C24H49N5O11/c25-11-4-13(29-10(7-31)8-32)23(40-24-21(37)18(27)19(35)16(9-33)39-24)20(36)17(11)22-12(26)5-14(34)15(38-22)6-28-2-1-3-30/h10-24,28-37H,1-9,25-27H2. The van der Waals surface area contributed by atoms with Crippen LogP contribution in [0.1, 0.15) is 19.3 Å². The van der Waals surface area contributed by atoms with Gasteiger partial charge in [0, 0.05) is 37.2 Å². The van der Waals surface area contributed by atoms with E-state index in [9.17, 15) is 35.7 Å². The zero-order valence-corrected chi connectivity index (χ0v) is 22.6. The second-order valence-corrected chi connectivity index (χ2v) is 11.1. The zero-order chi connectivity index (χ0) is 29.6.